The molecule has 3 aromatic carbocycles. The van der Waals surface area contributed by atoms with Gasteiger partial charge in [0, 0.05) is 35.6 Å². The molecule has 0 saturated carbocycles. The predicted octanol–water partition coefficient (Wildman–Crippen LogP) is 5.68. The van der Waals surface area contributed by atoms with Gasteiger partial charge >= 0.3 is 0 Å². The Morgan fingerprint density at radius 2 is 1.73 bits per heavy atom. The molecule has 1 fully saturated rings. The lowest BCUT2D eigenvalue weighted by Gasteiger charge is -2.18. The molecule has 1 amide bonds. The molecule has 4 aromatic rings. The van der Waals surface area contributed by atoms with Crippen LogP contribution in [0.5, 0.6) is 0 Å². The van der Waals surface area contributed by atoms with Gasteiger partial charge in [-0.15, -0.1) is 0 Å². The quantitative estimate of drug-likeness (QED) is 0.393. The van der Waals surface area contributed by atoms with Crippen molar-refractivity contribution in [2.45, 2.75) is 25.8 Å². The summed E-state index contributed by atoms with van der Waals surface area (Å²) in [5, 5.41) is 0. The van der Waals surface area contributed by atoms with Gasteiger partial charge < -0.3 is 9.47 Å². The van der Waals surface area contributed by atoms with E-state index in [1.165, 1.54) is 11.1 Å². The number of hydrogen-bond acceptors (Lipinski definition) is 2. The van der Waals surface area contributed by atoms with Crippen molar-refractivity contribution in [3.8, 4) is 0 Å². The van der Waals surface area contributed by atoms with E-state index in [2.05, 4.69) is 69.9 Å². The first kappa shape index (κ1) is 19.1. The number of carbonyl (C=O) groups excluding carboxylic acids is 1. The van der Waals surface area contributed by atoms with Gasteiger partial charge in [0.25, 0.3) is 0 Å². The fourth-order valence-corrected chi connectivity index (χ4v) is 4.46. The van der Waals surface area contributed by atoms with E-state index in [1.54, 1.807) is 0 Å². The van der Waals surface area contributed by atoms with Crippen molar-refractivity contribution in [2.75, 3.05) is 11.4 Å². The minimum atomic E-state index is 0.0710. The van der Waals surface area contributed by atoms with Gasteiger partial charge in [-0.3, -0.25) is 4.79 Å². The van der Waals surface area contributed by atoms with Crippen LogP contribution in [0, 0.1) is 6.92 Å². The fourth-order valence-electron chi connectivity index (χ4n) is 4.20. The number of fused-ring (bicyclic) bond motifs is 1. The van der Waals surface area contributed by atoms with Crippen molar-refractivity contribution in [1.29, 1.82) is 0 Å². The van der Waals surface area contributed by atoms with Crippen molar-refractivity contribution in [2.24, 2.45) is 0 Å². The third-order valence-electron chi connectivity index (χ3n) is 5.77. The second kappa shape index (κ2) is 7.73. The van der Waals surface area contributed by atoms with Crippen LogP contribution >= 0.6 is 15.9 Å². The highest BCUT2D eigenvalue weighted by Crippen LogP contribution is 2.33. The van der Waals surface area contributed by atoms with E-state index >= 15 is 0 Å². The first-order chi connectivity index (χ1) is 14.6. The maximum atomic E-state index is 12.8. The Bertz CT molecular complexity index is 1210. The lowest BCUT2D eigenvalue weighted by Crippen LogP contribution is -2.24. The van der Waals surface area contributed by atoms with Crippen LogP contribution in [0.3, 0.4) is 0 Å². The molecule has 1 aliphatic rings. The molecule has 150 valence electrons. The predicted molar refractivity (Wildman–Crippen MR) is 124 cm³/mol. The Balaban J connectivity index is 1.51. The summed E-state index contributed by atoms with van der Waals surface area (Å²) in [7, 11) is 0. The normalized spacial score (nSPS) is 16.5. The van der Waals surface area contributed by atoms with Gasteiger partial charge in [0.2, 0.25) is 5.91 Å². The van der Waals surface area contributed by atoms with Gasteiger partial charge in [-0.05, 0) is 48.9 Å². The molecular formula is C25H22BrN3O. The topological polar surface area (TPSA) is 38.1 Å². The SMILES string of the molecule is Cc1ccc(N2CC(c3nc4ccccc4n3Cc3ccc(Br)cc3)CC2=O)cc1. The van der Waals surface area contributed by atoms with E-state index in [1.807, 2.05) is 35.2 Å². The van der Waals surface area contributed by atoms with Crippen LogP contribution in [0.1, 0.15) is 29.3 Å². The number of carbonyl (C=O) groups is 1. The van der Waals surface area contributed by atoms with Gasteiger partial charge in [-0.2, -0.15) is 0 Å². The molecule has 5 rings (SSSR count). The molecular weight excluding hydrogens is 438 g/mol. The van der Waals surface area contributed by atoms with E-state index in [-0.39, 0.29) is 11.8 Å². The monoisotopic (exact) mass is 459 g/mol. The van der Waals surface area contributed by atoms with Gasteiger partial charge in [0.15, 0.2) is 0 Å². The highest BCUT2D eigenvalue weighted by molar-refractivity contribution is 9.10. The summed E-state index contributed by atoms with van der Waals surface area (Å²) in [6, 6.07) is 24.8. The molecule has 30 heavy (non-hydrogen) atoms. The maximum Gasteiger partial charge on any atom is 0.227 e. The average molecular weight is 460 g/mol. The molecule has 1 aliphatic heterocycles. The Morgan fingerprint density at radius 1 is 1.00 bits per heavy atom. The molecule has 0 radical (unpaired) electrons. The fraction of sp³-hybridized carbons (Fsp3) is 0.200. The number of aryl methyl sites for hydroxylation is 1. The average Bonchev–Trinajstić information content (AvgIpc) is 3.31. The standard InChI is InChI=1S/C25H22BrN3O/c1-17-6-12-21(13-7-17)28-16-19(14-24(28)30)25-27-22-4-2-3-5-23(22)29(25)15-18-8-10-20(26)11-9-18/h2-13,19H,14-16H2,1H3. The minimum absolute atomic E-state index is 0.0710. The maximum absolute atomic E-state index is 12.8. The smallest absolute Gasteiger partial charge is 0.227 e. The number of amides is 1. The van der Waals surface area contributed by atoms with E-state index in [0.717, 1.165) is 33.6 Å². The van der Waals surface area contributed by atoms with Crippen LogP contribution in [0.4, 0.5) is 5.69 Å². The van der Waals surface area contributed by atoms with Crippen molar-refractivity contribution < 1.29 is 4.79 Å². The summed E-state index contributed by atoms with van der Waals surface area (Å²) in [5.41, 5.74) is 5.45. The lowest BCUT2D eigenvalue weighted by molar-refractivity contribution is -0.117. The van der Waals surface area contributed by atoms with Crippen molar-refractivity contribution in [1.82, 2.24) is 9.55 Å². The zero-order valence-corrected chi connectivity index (χ0v) is 18.3. The highest BCUT2D eigenvalue weighted by Gasteiger charge is 2.34. The largest absolute Gasteiger partial charge is 0.323 e. The molecule has 0 aliphatic carbocycles. The van der Waals surface area contributed by atoms with Crippen LogP contribution in [-0.2, 0) is 11.3 Å². The van der Waals surface area contributed by atoms with E-state index in [9.17, 15) is 4.79 Å². The van der Waals surface area contributed by atoms with E-state index < -0.39 is 0 Å². The van der Waals surface area contributed by atoms with Crippen molar-refractivity contribution >= 4 is 38.6 Å². The molecule has 1 aromatic heterocycles. The number of benzene rings is 3. The lowest BCUT2D eigenvalue weighted by atomic mass is 10.1. The summed E-state index contributed by atoms with van der Waals surface area (Å²) < 4.78 is 3.34. The number of hydrogen-bond donors (Lipinski definition) is 0. The number of rotatable bonds is 4. The number of nitrogens with zero attached hydrogens (tertiary/aromatic N) is 3. The van der Waals surface area contributed by atoms with Crippen molar-refractivity contribution in [3.05, 3.63) is 94.2 Å². The van der Waals surface area contributed by atoms with Crippen LogP contribution < -0.4 is 4.90 Å². The van der Waals surface area contributed by atoms with Crippen LogP contribution in [-0.4, -0.2) is 22.0 Å². The molecule has 5 heteroatoms. The van der Waals surface area contributed by atoms with Crippen LogP contribution in [0.25, 0.3) is 11.0 Å². The first-order valence-corrected chi connectivity index (χ1v) is 10.9. The Morgan fingerprint density at radius 3 is 2.50 bits per heavy atom. The summed E-state index contributed by atoms with van der Waals surface area (Å²) in [5.74, 6) is 1.22. The molecule has 1 saturated heterocycles. The molecule has 4 nitrogen and oxygen atoms in total. The van der Waals surface area contributed by atoms with Gasteiger partial charge in [-0.1, -0.05) is 57.9 Å². The van der Waals surface area contributed by atoms with Crippen LogP contribution in [0.15, 0.2) is 77.3 Å². The summed E-state index contributed by atoms with van der Waals surface area (Å²) in [6.07, 6.45) is 0.484. The van der Waals surface area contributed by atoms with E-state index in [0.29, 0.717) is 13.0 Å². The second-order valence-corrected chi connectivity index (χ2v) is 8.83. The molecule has 1 unspecified atom stereocenters. The first-order valence-electron chi connectivity index (χ1n) is 10.1. The zero-order chi connectivity index (χ0) is 20.7. The van der Waals surface area contributed by atoms with Gasteiger partial charge in [0.1, 0.15) is 5.82 Å². The van der Waals surface area contributed by atoms with Gasteiger partial charge in [0.05, 0.1) is 11.0 Å². The molecule has 0 N–H and O–H groups in total. The summed E-state index contributed by atoms with van der Waals surface area (Å²) in [4.78, 5) is 19.7. The molecule has 0 bridgehead atoms. The molecule has 1 atom stereocenters. The number of anilines is 1. The third-order valence-corrected chi connectivity index (χ3v) is 6.30. The highest BCUT2D eigenvalue weighted by atomic mass is 79.9. The minimum Gasteiger partial charge on any atom is -0.323 e. The van der Waals surface area contributed by atoms with E-state index in [4.69, 9.17) is 4.98 Å². The van der Waals surface area contributed by atoms with Crippen LogP contribution in [0.2, 0.25) is 0 Å². The summed E-state index contributed by atoms with van der Waals surface area (Å²) >= 11 is 3.51. The Labute approximate surface area is 184 Å². The van der Waals surface area contributed by atoms with Gasteiger partial charge in [-0.25, -0.2) is 4.98 Å². The Kier molecular flexibility index (Phi) is 4.91. The second-order valence-electron chi connectivity index (χ2n) is 7.91. The number of aromatic nitrogens is 2. The third kappa shape index (κ3) is 3.54. The number of imidazole rings is 1. The molecule has 0 spiro atoms. The summed E-state index contributed by atoms with van der Waals surface area (Å²) in [6.45, 7) is 3.45. The Hall–Kier alpha value is -2.92. The zero-order valence-electron chi connectivity index (χ0n) is 16.8. The number of halogens is 1. The van der Waals surface area contributed by atoms with Crippen molar-refractivity contribution in [3.63, 3.8) is 0 Å². The molecule has 2 heterocycles. The number of para-hydroxylation sites is 2.